The maximum Gasteiger partial charge on any atom is 0.253 e. The summed E-state index contributed by atoms with van der Waals surface area (Å²) in [5, 5.41) is 10.1. The van der Waals surface area contributed by atoms with Gasteiger partial charge in [0.1, 0.15) is 12.4 Å². The summed E-state index contributed by atoms with van der Waals surface area (Å²) in [6.07, 6.45) is -0.491. The standard InChI is InChI=1S/C24H31ClN2O3/c1-16(28)15-30-23-10-9-22(17(2)18(23)3)19(4)26-11-13-27(14-12-26)24(29)20-5-7-21(25)8-6-20/h5-10,16,19,28H,11-15H2,1-4H3. The maximum atomic E-state index is 12.7. The predicted octanol–water partition coefficient (Wildman–Crippen LogP) is 4.24. The molecule has 5 nitrogen and oxygen atoms in total. The van der Waals surface area contributed by atoms with Gasteiger partial charge in [0.25, 0.3) is 5.91 Å². The number of halogens is 1. The Morgan fingerprint density at radius 3 is 2.27 bits per heavy atom. The van der Waals surface area contributed by atoms with E-state index >= 15 is 0 Å². The summed E-state index contributed by atoms with van der Waals surface area (Å²) in [7, 11) is 0. The number of aliphatic hydroxyl groups is 1. The molecule has 30 heavy (non-hydrogen) atoms. The molecule has 2 atom stereocenters. The van der Waals surface area contributed by atoms with Gasteiger partial charge in [-0.2, -0.15) is 0 Å². The number of hydrogen-bond acceptors (Lipinski definition) is 4. The van der Waals surface area contributed by atoms with E-state index < -0.39 is 6.10 Å². The van der Waals surface area contributed by atoms with E-state index in [1.807, 2.05) is 11.0 Å². The highest BCUT2D eigenvalue weighted by Crippen LogP contribution is 2.31. The molecule has 0 saturated carbocycles. The minimum atomic E-state index is -0.491. The van der Waals surface area contributed by atoms with Gasteiger partial charge in [-0.25, -0.2) is 0 Å². The lowest BCUT2D eigenvalue weighted by atomic mass is 9.96. The van der Waals surface area contributed by atoms with E-state index in [-0.39, 0.29) is 11.9 Å². The molecule has 0 bridgehead atoms. The van der Waals surface area contributed by atoms with Crippen LogP contribution in [0.4, 0.5) is 0 Å². The van der Waals surface area contributed by atoms with Crippen molar-refractivity contribution in [3.05, 3.63) is 63.7 Å². The van der Waals surface area contributed by atoms with Crippen molar-refractivity contribution in [1.82, 2.24) is 9.80 Å². The molecule has 1 fully saturated rings. The highest BCUT2D eigenvalue weighted by atomic mass is 35.5. The first-order valence-electron chi connectivity index (χ1n) is 10.5. The molecule has 1 aliphatic heterocycles. The molecule has 1 aliphatic rings. The zero-order valence-electron chi connectivity index (χ0n) is 18.2. The Bertz CT molecular complexity index is 875. The van der Waals surface area contributed by atoms with Crippen LogP contribution in [0.25, 0.3) is 0 Å². The monoisotopic (exact) mass is 430 g/mol. The summed E-state index contributed by atoms with van der Waals surface area (Å²) in [6, 6.07) is 11.5. The Labute approximate surface area is 184 Å². The predicted molar refractivity (Wildman–Crippen MR) is 120 cm³/mol. The van der Waals surface area contributed by atoms with Crippen LogP contribution in [0.5, 0.6) is 5.75 Å². The molecule has 1 N–H and O–H groups in total. The molecule has 162 valence electrons. The van der Waals surface area contributed by atoms with E-state index in [2.05, 4.69) is 31.7 Å². The molecule has 1 heterocycles. The Balaban J connectivity index is 1.63. The molecule has 1 amide bonds. The molecule has 0 radical (unpaired) electrons. The molecule has 3 rings (SSSR count). The number of carbonyl (C=O) groups excluding carboxylic acids is 1. The molecule has 0 aliphatic carbocycles. The molecule has 6 heteroatoms. The summed E-state index contributed by atoms with van der Waals surface area (Å²) in [5.41, 5.74) is 4.27. The number of amides is 1. The Morgan fingerprint density at radius 1 is 1.03 bits per heavy atom. The third-order valence-corrected chi connectivity index (χ3v) is 6.20. The van der Waals surface area contributed by atoms with Crippen molar-refractivity contribution in [2.24, 2.45) is 0 Å². The van der Waals surface area contributed by atoms with E-state index in [0.29, 0.717) is 30.3 Å². The average Bonchev–Trinajstić information content (AvgIpc) is 2.74. The Hall–Kier alpha value is -2.08. The number of aliphatic hydroxyl groups excluding tert-OH is 1. The molecule has 2 aromatic rings. The summed E-state index contributed by atoms with van der Waals surface area (Å²) in [4.78, 5) is 17.1. The van der Waals surface area contributed by atoms with E-state index in [0.717, 1.165) is 24.4 Å². The smallest absolute Gasteiger partial charge is 0.253 e. The molecular weight excluding hydrogens is 400 g/mol. The Kier molecular flexibility index (Phi) is 7.40. The minimum Gasteiger partial charge on any atom is -0.491 e. The first-order valence-corrected chi connectivity index (χ1v) is 10.9. The van der Waals surface area contributed by atoms with Crippen LogP contribution in [0.2, 0.25) is 5.02 Å². The van der Waals surface area contributed by atoms with Crippen LogP contribution < -0.4 is 4.74 Å². The van der Waals surface area contributed by atoms with Gasteiger partial charge in [0.15, 0.2) is 0 Å². The average molecular weight is 431 g/mol. The fourth-order valence-electron chi connectivity index (χ4n) is 3.92. The van der Waals surface area contributed by atoms with Crippen LogP contribution in [0.1, 0.15) is 46.9 Å². The lowest BCUT2D eigenvalue weighted by molar-refractivity contribution is 0.0581. The van der Waals surface area contributed by atoms with Crippen molar-refractivity contribution < 1.29 is 14.6 Å². The number of piperazine rings is 1. The summed E-state index contributed by atoms with van der Waals surface area (Å²) in [5.74, 6) is 0.883. The van der Waals surface area contributed by atoms with Crippen LogP contribution in [0, 0.1) is 13.8 Å². The van der Waals surface area contributed by atoms with Gasteiger partial charge in [-0.1, -0.05) is 17.7 Å². The van der Waals surface area contributed by atoms with E-state index in [1.54, 1.807) is 31.2 Å². The van der Waals surface area contributed by atoms with Gasteiger partial charge in [-0.15, -0.1) is 0 Å². The van der Waals surface area contributed by atoms with Gasteiger partial charge >= 0.3 is 0 Å². The number of ether oxygens (including phenoxy) is 1. The largest absolute Gasteiger partial charge is 0.491 e. The third kappa shape index (κ3) is 5.15. The number of rotatable bonds is 6. The van der Waals surface area contributed by atoms with E-state index in [9.17, 15) is 9.90 Å². The zero-order valence-corrected chi connectivity index (χ0v) is 18.9. The SMILES string of the molecule is Cc1c(OCC(C)O)ccc(C(C)N2CCN(C(=O)c3ccc(Cl)cc3)CC2)c1C. The summed E-state index contributed by atoms with van der Waals surface area (Å²) < 4.78 is 5.73. The third-order valence-electron chi connectivity index (χ3n) is 5.95. The lowest BCUT2D eigenvalue weighted by Gasteiger charge is -2.39. The number of nitrogens with zero attached hydrogens (tertiary/aromatic N) is 2. The molecular formula is C24H31ClN2O3. The van der Waals surface area contributed by atoms with Gasteiger partial charge in [0.05, 0.1) is 6.10 Å². The second-order valence-corrected chi connectivity index (χ2v) is 8.51. The quantitative estimate of drug-likeness (QED) is 0.744. The fraction of sp³-hybridized carbons (Fsp3) is 0.458. The van der Waals surface area contributed by atoms with Crippen LogP contribution in [0.15, 0.2) is 36.4 Å². The first-order chi connectivity index (χ1) is 14.3. The van der Waals surface area contributed by atoms with Crippen LogP contribution in [-0.2, 0) is 0 Å². The fourth-order valence-corrected chi connectivity index (χ4v) is 4.05. The second kappa shape index (κ2) is 9.82. The van der Waals surface area contributed by atoms with Crippen molar-refractivity contribution in [3.63, 3.8) is 0 Å². The maximum absolute atomic E-state index is 12.7. The Morgan fingerprint density at radius 2 is 1.67 bits per heavy atom. The molecule has 0 aromatic heterocycles. The van der Waals surface area contributed by atoms with Crippen molar-refractivity contribution >= 4 is 17.5 Å². The van der Waals surface area contributed by atoms with E-state index in [4.69, 9.17) is 16.3 Å². The molecule has 2 unspecified atom stereocenters. The van der Waals surface area contributed by atoms with Crippen molar-refractivity contribution in [2.45, 2.75) is 39.8 Å². The molecule has 1 saturated heterocycles. The highest BCUT2D eigenvalue weighted by molar-refractivity contribution is 6.30. The van der Waals surface area contributed by atoms with Crippen LogP contribution in [0.3, 0.4) is 0 Å². The summed E-state index contributed by atoms with van der Waals surface area (Å²) in [6.45, 7) is 11.5. The molecule has 0 spiro atoms. The van der Waals surface area contributed by atoms with Crippen LogP contribution in [-0.4, -0.2) is 59.7 Å². The zero-order chi connectivity index (χ0) is 21.8. The van der Waals surface area contributed by atoms with Crippen LogP contribution >= 0.6 is 11.6 Å². The van der Waals surface area contributed by atoms with Gasteiger partial charge < -0.3 is 14.7 Å². The van der Waals surface area contributed by atoms with E-state index in [1.165, 1.54) is 11.1 Å². The normalized spacial score (nSPS) is 16.9. The summed E-state index contributed by atoms with van der Waals surface area (Å²) >= 11 is 5.93. The van der Waals surface area contributed by atoms with Gasteiger partial charge in [0.2, 0.25) is 0 Å². The second-order valence-electron chi connectivity index (χ2n) is 8.07. The van der Waals surface area contributed by atoms with Gasteiger partial charge in [-0.05, 0) is 74.7 Å². The minimum absolute atomic E-state index is 0.0607. The lowest BCUT2D eigenvalue weighted by Crippen LogP contribution is -2.49. The van der Waals surface area contributed by atoms with Gasteiger partial charge in [0, 0.05) is 42.8 Å². The number of benzene rings is 2. The number of carbonyl (C=O) groups is 1. The topological polar surface area (TPSA) is 53.0 Å². The van der Waals surface area contributed by atoms with Gasteiger partial charge in [-0.3, -0.25) is 9.69 Å². The first kappa shape index (κ1) is 22.6. The molecule has 2 aromatic carbocycles. The van der Waals surface area contributed by atoms with Crippen molar-refractivity contribution in [2.75, 3.05) is 32.8 Å². The number of hydrogen-bond donors (Lipinski definition) is 1. The van der Waals surface area contributed by atoms with Crippen molar-refractivity contribution in [1.29, 1.82) is 0 Å². The van der Waals surface area contributed by atoms with Crippen molar-refractivity contribution in [3.8, 4) is 5.75 Å². The highest BCUT2D eigenvalue weighted by Gasteiger charge is 2.26.